The molecule has 0 bridgehead atoms. The second-order valence-corrected chi connectivity index (χ2v) is 6.37. The quantitative estimate of drug-likeness (QED) is 0.792. The first-order valence-corrected chi connectivity index (χ1v) is 7.80. The van der Waals surface area contributed by atoms with Gasteiger partial charge >= 0.3 is 0 Å². The van der Waals surface area contributed by atoms with Crippen LogP contribution in [0, 0.1) is 5.92 Å². The molecule has 5 heteroatoms. The number of carbonyl (C=O) groups excluding carboxylic acids is 1. The summed E-state index contributed by atoms with van der Waals surface area (Å²) in [6.45, 7) is 6.72. The van der Waals surface area contributed by atoms with E-state index < -0.39 is 0 Å². The molecule has 1 rings (SSSR count). The molecule has 0 fully saturated rings. The summed E-state index contributed by atoms with van der Waals surface area (Å²) in [6, 6.07) is 7.64. The number of amides is 1. The average Bonchev–Trinajstić information content (AvgIpc) is 2.37. The average molecular weight is 317 g/mol. The van der Waals surface area contributed by atoms with Gasteiger partial charge in [-0.05, 0) is 37.7 Å². The minimum absolute atomic E-state index is 0. The Hall–Kier alpha value is -0.710. The number of nitrogens with two attached hydrogens (primary N) is 1. The maximum absolute atomic E-state index is 12.4. The van der Waals surface area contributed by atoms with Gasteiger partial charge in [-0.15, -0.1) is 24.2 Å². The first-order valence-electron chi connectivity index (χ1n) is 6.57. The highest BCUT2D eigenvalue weighted by Crippen LogP contribution is 2.22. The van der Waals surface area contributed by atoms with Crippen molar-refractivity contribution in [3.63, 3.8) is 0 Å². The van der Waals surface area contributed by atoms with E-state index in [1.165, 1.54) is 0 Å². The van der Waals surface area contributed by atoms with Crippen molar-refractivity contribution in [2.45, 2.75) is 37.6 Å². The minimum atomic E-state index is -0.350. The maximum atomic E-state index is 12.4. The molecule has 1 aromatic carbocycles. The normalized spacial score (nSPS) is 13.5. The maximum Gasteiger partial charge on any atom is 0.252 e. The highest BCUT2D eigenvalue weighted by Gasteiger charge is 2.26. The molecule has 0 saturated carbocycles. The zero-order valence-electron chi connectivity index (χ0n) is 12.6. The van der Waals surface area contributed by atoms with Crippen molar-refractivity contribution in [1.29, 1.82) is 0 Å². The highest BCUT2D eigenvalue weighted by atomic mass is 35.5. The second-order valence-electron chi connectivity index (χ2n) is 5.52. The van der Waals surface area contributed by atoms with E-state index in [4.69, 9.17) is 5.73 Å². The lowest BCUT2D eigenvalue weighted by atomic mass is 9.90. The van der Waals surface area contributed by atoms with Gasteiger partial charge in [-0.2, -0.15) is 0 Å². The molecule has 0 aliphatic rings. The molecule has 3 nitrogen and oxygen atoms in total. The summed E-state index contributed by atoms with van der Waals surface area (Å²) in [7, 11) is 0. The zero-order valence-corrected chi connectivity index (χ0v) is 14.2. The largest absolute Gasteiger partial charge is 0.346 e. The molecular formula is C15H25ClN2OS. The van der Waals surface area contributed by atoms with E-state index in [0.29, 0.717) is 12.5 Å². The first kappa shape index (κ1) is 19.3. The molecule has 0 saturated heterocycles. The molecule has 0 heterocycles. The van der Waals surface area contributed by atoms with E-state index in [1.807, 2.05) is 37.4 Å². The van der Waals surface area contributed by atoms with E-state index >= 15 is 0 Å². The van der Waals surface area contributed by atoms with Gasteiger partial charge in [0, 0.05) is 17.0 Å². The van der Waals surface area contributed by atoms with Crippen LogP contribution in [0.2, 0.25) is 0 Å². The van der Waals surface area contributed by atoms with Gasteiger partial charge in [-0.25, -0.2) is 0 Å². The van der Waals surface area contributed by atoms with Gasteiger partial charge in [0.25, 0.3) is 5.91 Å². The van der Waals surface area contributed by atoms with Crippen LogP contribution in [0.1, 0.15) is 37.6 Å². The van der Waals surface area contributed by atoms with Crippen molar-refractivity contribution in [3.05, 3.63) is 29.8 Å². The van der Waals surface area contributed by atoms with Crippen LogP contribution in [-0.4, -0.2) is 24.2 Å². The van der Waals surface area contributed by atoms with Crippen LogP contribution in [0.25, 0.3) is 0 Å². The molecule has 0 aromatic heterocycles. The fraction of sp³-hybridized carbons (Fsp3) is 0.533. The number of rotatable bonds is 6. The van der Waals surface area contributed by atoms with Gasteiger partial charge in [-0.1, -0.05) is 26.0 Å². The number of hydrogen-bond acceptors (Lipinski definition) is 3. The Morgan fingerprint density at radius 3 is 2.50 bits per heavy atom. The summed E-state index contributed by atoms with van der Waals surface area (Å²) in [4.78, 5) is 13.4. The summed E-state index contributed by atoms with van der Waals surface area (Å²) < 4.78 is 0. The second kappa shape index (κ2) is 8.55. The monoisotopic (exact) mass is 316 g/mol. The van der Waals surface area contributed by atoms with Crippen LogP contribution in [0.15, 0.2) is 29.2 Å². The number of hydrogen-bond donors (Lipinski definition) is 2. The van der Waals surface area contributed by atoms with Crippen LogP contribution in [0.3, 0.4) is 0 Å². The Balaban J connectivity index is 0.00000361. The van der Waals surface area contributed by atoms with Gasteiger partial charge in [0.05, 0.1) is 5.56 Å². The van der Waals surface area contributed by atoms with Gasteiger partial charge in [-0.3, -0.25) is 4.79 Å². The molecule has 0 radical (unpaired) electrons. The van der Waals surface area contributed by atoms with E-state index in [-0.39, 0.29) is 23.9 Å². The lowest BCUT2D eigenvalue weighted by molar-refractivity contribution is 0.0895. The van der Waals surface area contributed by atoms with Crippen molar-refractivity contribution < 1.29 is 4.79 Å². The lowest BCUT2D eigenvalue weighted by Gasteiger charge is -2.31. The molecule has 3 N–H and O–H groups in total. The van der Waals surface area contributed by atoms with Crippen LogP contribution in [0.4, 0.5) is 0 Å². The molecule has 0 aliphatic heterocycles. The van der Waals surface area contributed by atoms with Crippen molar-refractivity contribution in [2.75, 3.05) is 12.8 Å². The SMILES string of the molecule is CSc1ccccc1C(=O)NC(C)(CN)CC(C)C.Cl. The molecule has 0 spiro atoms. The minimum Gasteiger partial charge on any atom is -0.346 e. The fourth-order valence-electron chi connectivity index (χ4n) is 2.26. The number of nitrogens with one attached hydrogen (secondary N) is 1. The Bertz CT molecular complexity index is 440. The summed E-state index contributed by atoms with van der Waals surface area (Å²) in [5.74, 6) is 0.447. The lowest BCUT2D eigenvalue weighted by Crippen LogP contribution is -2.52. The van der Waals surface area contributed by atoms with E-state index in [0.717, 1.165) is 16.9 Å². The fourth-order valence-corrected chi connectivity index (χ4v) is 2.86. The van der Waals surface area contributed by atoms with Crippen molar-refractivity contribution in [3.8, 4) is 0 Å². The number of halogens is 1. The van der Waals surface area contributed by atoms with E-state index in [2.05, 4.69) is 19.2 Å². The smallest absolute Gasteiger partial charge is 0.252 e. The number of thioether (sulfide) groups is 1. The topological polar surface area (TPSA) is 55.1 Å². The Kier molecular flexibility index (Phi) is 8.25. The van der Waals surface area contributed by atoms with Crippen LogP contribution in [-0.2, 0) is 0 Å². The molecule has 1 aromatic rings. The van der Waals surface area contributed by atoms with Gasteiger partial charge in [0.1, 0.15) is 0 Å². The van der Waals surface area contributed by atoms with Crippen LogP contribution >= 0.6 is 24.2 Å². The summed E-state index contributed by atoms with van der Waals surface area (Å²) >= 11 is 1.58. The summed E-state index contributed by atoms with van der Waals surface area (Å²) in [6.07, 6.45) is 2.85. The number of carbonyl (C=O) groups is 1. The third-order valence-corrected chi connectivity index (χ3v) is 3.87. The Morgan fingerprint density at radius 2 is 2.00 bits per heavy atom. The molecule has 1 amide bonds. The van der Waals surface area contributed by atoms with Gasteiger partial charge in [0.2, 0.25) is 0 Å². The molecule has 1 atom stereocenters. The number of benzene rings is 1. The Labute approximate surface area is 132 Å². The van der Waals surface area contributed by atoms with Crippen molar-refractivity contribution >= 4 is 30.1 Å². The third kappa shape index (κ3) is 5.35. The zero-order chi connectivity index (χ0) is 14.5. The van der Waals surface area contributed by atoms with E-state index in [9.17, 15) is 4.79 Å². The highest BCUT2D eigenvalue weighted by molar-refractivity contribution is 7.98. The van der Waals surface area contributed by atoms with Gasteiger partial charge in [0.15, 0.2) is 0 Å². The standard InChI is InChI=1S/C15H24N2OS.ClH/c1-11(2)9-15(3,10-16)17-14(18)12-7-5-6-8-13(12)19-4;/h5-8,11H,9-10,16H2,1-4H3,(H,17,18);1H. The van der Waals surface area contributed by atoms with Crippen LogP contribution < -0.4 is 11.1 Å². The summed E-state index contributed by atoms with van der Waals surface area (Å²) in [5.41, 5.74) is 6.20. The predicted octanol–water partition coefficient (Wildman–Crippen LogP) is 3.32. The third-order valence-electron chi connectivity index (χ3n) is 3.08. The Morgan fingerprint density at radius 1 is 1.40 bits per heavy atom. The van der Waals surface area contributed by atoms with Crippen molar-refractivity contribution in [1.82, 2.24) is 5.32 Å². The molecule has 20 heavy (non-hydrogen) atoms. The van der Waals surface area contributed by atoms with Crippen molar-refractivity contribution in [2.24, 2.45) is 11.7 Å². The molecule has 1 unspecified atom stereocenters. The summed E-state index contributed by atoms with van der Waals surface area (Å²) in [5, 5.41) is 3.09. The molecule has 0 aliphatic carbocycles. The van der Waals surface area contributed by atoms with Gasteiger partial charge < -0.3 is 11.1 Å². The molecular weight excluding hydrogens is 292 g/mol. The predicted molar refractivity (Wildman–Crippen MR) is 89.9 cm³/mol. The van der Waals surface area contributed by atoms with Crippen LogP contribution in [0.5, 0.6) is 0 Å². The first-order chi connectivity index (χ1) is 8.91. The van der Waals surface area contributed by atoms with E-state index in [1.54, 1.807) is 11.8 Å². The molecule has 114 valence electrons.